The molecule has 0 spiro atoms. The van der Waals surface area contributed by atoms with Gasteiger partial charge < -0.3 is 4.74 Å². The molecule has 0 atom stereocenters. The first-order valence-electron chi connectivity index (χ1n) is 2.75. The smallest absolute Gasteiger partial charge is 0.302 e. The molecule has 0 saturated heterocycles. The Bertz CT molecular complexity index is 105. The van der Waals surface area contributed by atoms with E-state index in [2.05, 4.69) is 4.74 Å². The van der Waals surface area contributed by atoms with Crippen LogP contribution >= 0.6 is 0 Å². The van der Waals surface area contributed by atoms with Gasteiger partial charge >= 0.3 is 5.97 Å². The first-order chi connectivity index (χ1) is 3.92. The normalized spacial score (nSPS) is 11.1. The number of carbonyl (C=O) groups excluding carboxylic acids is 1. The predicted molar refractivity (Wildman–Crippen MR) is 34.8 cm³/mol. The Morgan fingerprint density at radius 2 is 2.00 bits per heavy atom. The minimum Gasteiger partial charge on any atom is -0.466 e. The maximum Gasteiger partial charge on any atom is 0.302 e. The van der Waals surface area contributed by atoms with Crippen LogP contribution in [0.5, 0.6) is 0 Å². The number of rotatable bonds is 2. The number of carbonyl (C=O) groups is 1. The SMILES string of the molecule is CC(=O)OC[Si](C)(C)[O]. The van der Waals surface area contributed by atoms with Gasteiger partial charge in [-0.15, -0.1) is 0 Å². The Morgan fingerprint density at radius 1 is 1.56 bits per heavy atom. The molecule has 0 aromatic heterocycles. The summed E-state index contributed by atoms with van der Waals surface area (Å²) in [5.41, 5.74) is 0. The third kappa shape index (κ3) is 7.65. The van der Waals surface area contributed by atoms with Crippen molar-refractivity contribution in [3.63, 3.8) is 0 Å². The molecule has 4 heteroatoms. The van der Waals surface area contributed by atoms with E-state index in [1.54, 1.807) is 13.1 Å². The van der Waals surface area contributed by atoms with E-state index >= 15 is 0 Å². The minimum absolute atomic E-state index is 0.0856. The van der Waals surface area contributed by atoms with E-state index in [1.807, 2.05) is 0 Å². The monoisotopic (exact) mass is 147 g/mol. The van der Waals surface area contributed by atoms with Crippen LogP contribution in [0.15, 0.2) is 0 Å². The molecule has 0 amide bonds. The van der Waals surface area contributed by atoms with Crippen LogP contribution in [-0.2, 0) is 14.3 Å². The fourth-order valence-corrected chi connectivity index (χ4v) is 0.826. The van der Waals surface area contributed by atoms with Gasteiger partial charge in [-0.25, -0.2) is 0 Å². The molecular formula is C5H11O3Si. The van der Waals surface area contributed by atoms with Gasteiger partial charge in [-0.2, -0.15) is 0 Å². The quantitative estimate of drug-likeness (QED) is 0.427. The van der Waals surface area contributed by atoms with Gasteiger partial charge in [0.05, 0.1) is 0 Å². The molecule has 0 aliphatic rings. The summed E-state index contributed by atoms with van der Waals surface area (Å²) in [5, 5.41) is 0. The molecule has 0 bridgehead atoms. The van der Waals surface area contributed by atoms with Gasteiger partial charge in [0.2, 0.25) is 0 Å². The van der Waals surface area contributed by atoms with Crippen LogP contribution in [0.2, 0.25) is 13.1 Å². The average Bonchev–Trinajstić information content (AvgIpc) is 1.59. The molecule has 0 aromatic rings. The van der Waals surface area contributed by atoms with E-state index in [0.717, 1.165) is 0 Å². The van der Waals surface area contributed by atoms with Crippen LogP contribution in [0.25, 0.3) is 0 Å². The standard InChI is InChI=1S/C5H11O3Si/c1-5(6)8-4-9(2,3)7/h4H2,1-3H3. The maximum atomic E-state index is 10.9. The van der Waals surface area contributed by atoms with Gasteiger partial charge in [-0.3, -0.25) is 9.59 Å². The lowest BCUT2D eigenvalue weighted by Gasteiger charge is -2.09. The summed E-state index contributed by atoms with van der Waals surface area (Å²) < 4.78 is 4.52. The number of hydrogen-bond acceptors (Lipinski definition) is 2. The molecule has 0 aliphatic heterocycles. The van der Waals surface area contributed by atoms with Crippen molar-refractivity contribution in [1.82, 2.24) is 0 Å². The van der Waals surface area contributed by atoms with Crippen LogP contribution in [0.4, 0.5) is 0 Å². The van der Waals surface area contributed by atoms with E-state index in [9.17, 15) is 9.59 Å². The summed E-state index contributed by atoms with van der Waals surface area (Å²) in [6, 6.07) is 0. The molecule has 9 heavy (non-hydrogen) atoms. The molecule has 0 N–H and O–H groups in total. The summed E-state index contributed by atoms with van der Waals surface area (Å²) in [6.07, 6.45) is 0.0856. The molecule has 0 heterocycles. The van der Waals surface area contributed by atoms with Crippen LogP contribution in [-0.4, -0.2) is 20.5 Å². The molecule has 0 aromatic carbocycles. The van der Waals surface area contributed by atoms with Crippen molar-refractivity contribution in [3.8, 4) is 0 Å². The van der Waals surface area contributed by atoms with Gasteiger partial charge in [0.15, 0.2) is 0 Å². The Kier molecular flexibility index (Phi) is 2.86. The first kappa shape index (κ1) is 8.65. The van der Waals surface area contributed by atoms with Crippen molar-refractivity contribution < 1.29 is 14.3 Å². The van der Waals surface area contributed by atoms with Gasteiger partial charge in [-0.05, 0) is 13.1 Å². The highest BCUT2D eigenvalue weighted by atomic mass is 28.4. The van der Waals surface area contributed by atoms with Crippen molar-refractivity contribution in [2.75, 3.05) is 6.23 Å². The van der Waals surface area contributed by atoms with E-state index < -0.39 is 8.32 Å². The van der Waals surface area contributed by atoms with Gasteiger partial charge in [0.25, 0.3) is 8.32 Å². The Hall–Kier alpha value is -0.353. The molecule has 0 unspecified atom stereocenters. The second kappa shape index (κ2) is 2.98. The lowest BCUT2D eigenvalue weighted by molar-refractivity contribution is -0.139. The van der Waals surface area contributed by atoms with Crippen molar-refractivity contribution in [2.24, 2.45) is 0 Å². The third-order valence-corrected chi connectivity index (χ3v) is 1.46. The summed E-state index contributed by atoms with van der Waals surface area (Å²) in [7, 11) is -2.41. The second-order valence-corrected chi connectivity index (χ2v) is 6.35. The highest BCUT2D eigenvalue weighted by Crippen LogP contribution is 1.96. The third-order valence-electron chi connectivity index (χ3n) is 0.623. The largest absolute Gasteiger partial charge is 0.466 e. The Labute approximate surface area is 55.8 Å². The lowest BCUT2D eigenvalue weighted by Crippen LogP contribution is -2.31. The molecule has 53 valence electrons. The zero-order chi connectivity index (χ0) is 7.49. The molecule has 0 saturated carbocycles. The van der Waals surface area contributed by atoms with Crippen LogP contribution < -0.4 is 0 Å². The number of hydrogen-bond donors (Lipinski definition) is 0. The number of esters is 1. The highest BCUT2D eigenvalue weighted by molar-refractivity contribution is 6.69. The van der Waals surface area contributed by atoms with Crippen LogP contribution in [0.1, 0.15) is 6.92 Å². The molecular weight excluding hydrogens is 136 g/mol. The fourth-order valence-electron chi connectivity index (χ4n) is 0.275. The first-order valence-corrected chi connectivity index (χ1v) is 5.87. The topological polar surface area (TPSA) is 46.2 Å². The Balaban J connectivity index is 3.39. The van der Waals surface area contributed by atoms with Crippen LogP contribution in [0.3, 0.4) is 0 Å². The van der Waals surface area contributed by atoms with Gasteiger partial charge in [-0.1, -0.05) is 0 Å². The predicted octanol–water partition coefficient (Wildman–Crippen LogP) is 0.724. The summed E-state index contributed by atoms with van der Waals surface area (Å²) in [4.78, 5) is 21.0. The summed E-state index contributed by atoms with van der Waals surface area (Å²) >= 11 is 0. The molecule has 1 radical (unpaired) electrons. The van der Waals surface area contributed by atoms with E-state index in [-0.39, 0.29) is 12.2 Å². The Morgan fingerprint density at radius 3 is 2.11 bits per heavy atom. The summed E-state index contributed by atoms with van der Waals surface area (Å²) in [5.74, 6) is -0.369. The van der Waals surface area contributed by atoms with Gasteiger partial charge in [0, 0.05) is 6.92 Å². The van der Waals surface area contributed by atoms with E-state index in [4.69, 9.17) is 0 Å². The van der Waals surface area contributed by atoms with Crippen molar-refractivity contribution >= 4 is 14.3 Å². The zero-order valence-corrected chi connectivity index (χ0v) is 6.93. The van der Waals surface area contributed by atoms with Crippen molar-refractivity contribution in [2.45, 2.75) is 20.0 Å². The maximum absolute atomic E-state index is 10.9. The molecule has 0 fully saturated rings. The van der Waals surface area contributed by atoms with E-state index in [0.29, 0.717) is 0 Å². The minimum atomic E-state index is -2.41. The van der Waals surface area contributed by atoms with Gasteiger partial charge in [0.1, 0.15) is 6.23 Å². The second-order valence-electron chi connectivity index (χ2n) is 2.54. The number of ether oxygens (including phenoxy) is 1. The zero-order valence-electron chi connectivity index (χ0n) is 5.93. The average molecular weight is 147 g/mol. The highest BCUT2D eigenvalue weighted by Gasteiger charge is 2.21. The van der Waals surface area contributed by atoms with Crippen molar-refractivity contribution in [3.05, 3.63) is 0 Å². The van der Waals surface area contributed by atoms with Crippen LogP contribution in [0, 0.1) is 0 Å². The fraction of sp³-hybridized carbons (Fsp3) is 0.800. The molecule has 0 rings (SSSR count). The van der Waals surface area contributed by atoms with E-state index in [1.165, 1.54) is 6.92 Å². The van der Waals surface area contributed by atoms with Crippen molar-refractivity contribution in [1.29, 1.82) is 0 Å². The lowest BCUT2D eigenvalue weighted by atomic mass is 10.8. The molecule has 3 nitrogen and oxygen atoms in total. The summed E-state index contributed by atoms with van der Waals surface area (Å²) in [6.45, 7) is 4.52. The molecule has 0 aliphatic carbocycles.